The summed E-state index contributed by atoms with van der Waals surface area (Å²) in [5.74, 6) is 1.29. The minimum Gasteiger partial charge on any atom is -0.483 e. The van der Waals surface area contributed by atoms with E-state index in [1.54, 1.807) is 7.11 Å². The number of benzene rings is 1. The maximum atomic E-state index is 12.7. The number of methoxy groups -OCH3 is 1. The van der Waals surface area contributed by atoms with Crippen molar-refractivity contribution in [2.45, 2.75) is 45.3 Å². The Morgan fingerprint density at radius 1 is 1.33 bits per heavy atom. The van der Waals surface area contributed by atoms with E-state index in [-0.39, 0.29) is 18.0 Å². The number of hydrogen-bond acceptors (Lipinski definition) is 3. The molecule has 2 aliphatic rings. The van der Waals surface area contributed by atoms with Gasteiger partial charge in [-0.2, -0.15) is 0 Å². The summed E-state index contributed by atoms with van der Waals surface area (Å²) in [5.41, 5.74) is 2.53. The van der Waals surface area contributed by atoms with Gasteiger partial charge in [0.2, 0.25) is 11.8 Å². The predicted molar refractivity (Wildman–Crippen MR) is 82.2 cm³/mol. The van der Waals surface area contributed by atoms with Crippen molar-refractivity contribution in [2.75, 3.05) is 7.11 Å². The fourth-order valence-corrected chi connectivity index (χ4v) is 3.25. The number of carbonyl (C=O) groups is 1. The zero-order valence-corrected chi connectivity index (χ0v) is 12.9. The minimum absolute atomic E-state index is 0.0409. The van der Waals surface area contributed by atoms with E-state index in [0.717, 1.165) is 12.8 Å². The molecular weight excluding hydrogens is 264 g/mol. The Morgan fingerprint density at radius 2 is 2.05 bits per heavy atom. The van der Waals surface area contributed by atoms with E-state index in [9.17, 15) is 4.79 Å². The van der Waals surface area contributed by atoms with Gasteiger partial charge in [0.15, 0.2) is 0 Å². The molecule has 0 aromatic heterocycles. The number of rotatable bonds is 2. The van der Waals surface area contributed by atoms with Gasteiger partial charge in [-0.1, -0.05) is 38.1 Å². The number of nitrogens with zero attached hydrogens (tertiary/aromatic N) is 2. The van der Waals surface area contributed by atoms with Crippen LogP contribution in [0.5, 0.6) is 0 Å². The number of aliphatic imine (C=N–C) groups is 1. The number of carbonyl (C=O) groups excluding carboxylic acids is 1. The highest BCUT2D eigenvalue weighted by Crippen LogP contribution is 2.29. The topological polar surface area (TPSA) is 41.9 Å². The monoisotopic (exact) mass is 286 g/mol. The molecule has 1 aromatic carbocycles. The predicted octanol–water partition coefficient (Wildman–Crippen LogP) is 2.41. The molecule has 0 aliphatic carbocycles. The first-order valence-electron chi connectivity index (χ1n) is 7.59. The second kappa shape index (κ2) is 5.51. The van der Waals surface area contributed by atoms with Crippen molar-refractivity contribution in [3.05, 3.63) is 35.4 Å². The Balaban J connectivity index is 1.94. The fraction of sp³-hybridized carbons (Fsp3) is 0.529. The van der Waals surface area contributed by atoms with Crippen LogP contribution < -0.4 is 0 Å². The summed E-state index contributed by atoms with van der Waals surface area (Å²) >= 11 is 0. The third-order valence-corrected chi connectivity index (χ3v) is 4.29. The molecule has 4 heteroatoms. The van der Waals surface area contributed by atoms with Crippen LogP contribution in [0.25, 0.3) is 0 Å². The van der Waals surface area contributed by atoms with Gasteiger partial charge in [-0.15, -0.1) is 0 Å². The van der Waals surface area contributed by atoms with Gasteiger partial charge in [0.25, 0.3) is 0 Å². The highest BCUT2D eigenvalue weighted by Gasteiger charge is 2.41. The average Bonchev–Trinajstić information content (AvgIpc) is 2.48. The molecule has 0 bridgehead atoms. The Kier molecular flexibility index (Phi) is 3.70. The average molecular weight is 286 g/mol. The molecule has 21 heavy (non-hydrogen) atoms. The first kappa shape index (κ1) is 14.1. The Morgan fingerprint density at radius 3 is 2.71 bits per heavy atom. The van der Waals surface area contributed by atoms with E-state index in [0.29, 0.717) is 18.4 Å². The van der Waals surface area contributed by atoms with Crippen molar-refractivity contribution in [1.29, 1.82) is 0 Å². The molecule has 2 heterocycles. The van der Waals surface area contributed by atoms with Crippen LogP contribution in [-0.4, -0.2) is 35.9 Å². The standard InChI is InChI=1S/C17H22N2O2/c1-11(2)8-14-17(20)19-10-13-7-5-4-6-12(13)9-15(19)16(18-14)21-3/h4-7,11,14-15H,8-10H2,1-3H3/t14-,15+/m1/s1. The first-order valence-corrected chi connectivity index (χ1v) is 7.59. The van der Waals surface area contributed by atoms with Crippen LogP contribution in [0.4, 0.5) is 0 Å². The third kappa shape index (κ3) is 2.55. The van der Waals surface area contributed by atoms with Crippen LogP contribution in [0.3, 0.4) is 0 Å². The largest absolute Gasteiger partial charge is 0.483 e. The van der Waals surface area contributed by atoms with Crippen molar-refractivity contribution >= 4 is 11.8 Å². The van der Waals surface area contributed by atoms with Crippen LogP contribution in [0.15, 0.2) is 29.3 Å². The number of hydrogen-bond donors (Lipinski definition) is 0. The summed E-state index contributed by atoms with van der Waals surface area (Å²) in [6, 6.07) is 7.98. The van der Waals surface area contributed by atoms with Crippen LogP contribution >= 0.6 is 0 Å². The van der Waals surface area contributed by atoms with Gasteiger partial charge in [0.05, 0.1) is 7.11 Å². The molecule has 2 atom stereocenters. The molecule has 0 fully saturated rings. The first-order chi connectivity index (χ1) is 10.1. The number of fused-ring (bicyclic) bond motifs is 2. The van der Waals surface area contributed by atoms with Gasteiger partial charge in [-0.05, 0) is 23.5 Å². The van der Waals surface area contributed by atoms with Gasteiger partial charge in [-0.25, -0.2) is 4.99 Å². The molecule has 0 N–H and O–H groups in total. The molecule has 0 radical (unpaired) electrons. The van der Waals surface area contributed by atoms with Gasteiger partial charge in [0, 0.05) is 13.0 Å². The SMILES string of the molecule is COC1=N[C@H](CC(C)C)C(=O)N2Cc3ccccc3C[C@@H]12. The fourth-order valence-electron chi connectivity index (χ4n) is 3.25. The lowest BCUT2D eigenvalue weighted by atomic mass is 9.90. The maximum Gasteiger partial charge on any atom is 0.248 e. The molecule has 0 saturated heterocycles. The molecule has 0 unspecified atom stereocenters. The van der Waals surface area contributed by atoms with Gasteiger partial charge >= 0.3 is 0 Å². The van der Waals surface area contributed by atoms with Crippen LogP contribution in [0, 0.1) is 5.92 Å². The summed E-state index contributed by atoms with van der Waals surface area (Å²) in [7, 11) is 1.65. The lowest BCUT2D eigenvalue weighted by Gasteiger charge is -2.41. The van der Waals surface area contributed by atoms with E-state index in [1.165, 1.54) is 11.1 Å². The van der Waals surface area contributed by atoms with Crippen molar-refractivity contribution in [1.82, 2.24) is 4.90 Å². The Bertz CT molecular complexity index is 580. The molecule has 4 nitrogen and oxygen atoms in total. The minimum atomic E-state index is -0.290. The van der Waals surface area contributed by atoms with Crippen molar-refractivity contribution in [3.8, 4) is 0 Å². The van der Waals surface area contributed by atoms with E-state index in [1.807, 2.05) is 17.0 Å². The lowest BCUT2D eigenvalue weighted by molar-refractivity contribution is -0.136. The maximum absolute atomic E-state index is 12.7. The molecule has 112 valence electrons. The molecule has 2 aliphatic heterocycles. The normalized spacial score (nSPS) is 24.5. The van der Waals surface area contributed by atoms with Gasteiger partial charge in [-0.3, -0.25) is 4.79 Å². The summed E-state index contributed by atoms with van der Waals surface area (Å²) in [5, 5.41) is 0. The van der Waals surface area contributed by atoms with Crippen molar-refractivity contribution in [3.63, 3.8) is 0 Å². The Hall–Kier alpha value is -1.84. The van der Waals surface area contributed by atoms with E-state index in [2.05, 4.69) is 31.0 Å². The van der Waals surface area contributed by atoms with Crippen LogP contribution in [0.2, 0.25) is 0 Å². The summed E-state index contributed by atoms with van der Waals surface area (Å²) < 4.78 is 5.49. The molecule has 0 saturated carbocycles. The van der Waals surface area contributed by atoms with Crippen LogP contribution in [0.1, 0.15) is 31.4 Å². The molecule has 0 spiro atoms. The number of ether oxygens (including phenoxy) is 1. The quantitative estimate of drug-likeness (QED) is 0.838. The molecule has 1 aromatic rings. The van der Waals surface area contributed by atoms with Crippen molar-refractivity contribution in [2.24, 2.45) is 10.9 Å². The van der Waals surface area contributed by atoms with E-state index >= 15 is 0 Å². The third-order valence-electron chi connectivity index (χ3n) is 4.29. The summed E-state index contributed by atoms with van der Waals surface area (Å²) in [6.45, 7) is 4.90. The van der Waals surface area contributed by atoms with Crippen LogP contribution in [-0.2, 0) is 22.5 Å². The van der Waals surface area contributed by atoms with Gasteiger partial charge in [0.1, 0.15) is 12.1 Å². The second-order valence-electron chi connectivity index (χ2n) is 6.27. The smallest absolute Gasteiger partial charge is 0.248 e. The van der Waals surface area contributed by atoms with Crippen molar-refractivity contribution < 1.29 is 9.53 Å². The summed E-state index contributed by atoms with van der Waals surface area (Å²) in [4.78, 5) is 19.3. The Labute approximate surface area is 125 Å². The molecule has 1 amide bonds. The highest BCUT2D eigenvalue weighted by atomic mass is 16.5. The highest BCUT2D eigenvalue weighted by molar-refractivity contribution is 5.96. The zero-order chi connectivity index (χ0) is 15.0. The molecule has 3 rings (SSSR count). The number of amides is 1. The second-order valence-corrected chi connectivity index (χ2v) is 6.27. The summed E-state index contributed by atoms with van der Waals surface area (Å²) in [6.07, 6.45) is 1.57. The van der Waals surface area contributed by atoms with Gasteiger partial charge < -0.3 is 9.64 Å². The zero-order valence-electron chi connectivity index (χ0n) is 12.9. The van der Waals surface area contributed by atoms with E-state index in [4.69, 9.17) is 4.74 Å². The molecular formula is C17H22N2O2. The van der Waals surface area contributed by atoms with E-state index < -0.39 is 0 Å². The lowest BCUT2D eigenvalue weighted by Crippen LogP contribution is -2.56.